The molecular weight excluding hydrogens is 382 g/mol. The third-order valence-electron chi connectivity index (χ3n) is 4.77. The van der Waals surface area contributed by atoms with E-state index in [2.05, 4.69) is 10.3 Å². The molecule has 3 aromatic heterocycles. The molecule has 6 nitrogen and oxygen atoms in total. The number of fused-ring (bicyclic) bond motifs is 2. The first-order valence-electron chi connectivity index (χ1n) is 8.61. The first kappa shape index (κ1) is 17.9. The zero-order chi connectivity index (χ0) is 19.3. The molecule has 0 aliphatic heterocycles. The van der Waals surface area contributed by atoms with Crippen LogP contribution in [0.15, 0.2) is 6.07 Å². The minimum atomic E-state index is -0.415. The average Bonchev–Trinajstić information content (AvgIpc) is 3.27. The van der Waals surface area contributed by atoms with E-state index in [-0.39, 0.29) is 5.91 Å². The minimum Gasteiger partial charge on any atom is -0.465 e. The molecule has 0 spiro atoms. The van der Waals surface area contributed by atoms with E-state index in [9.17, 15) is 9.59 Å². The second kappa shape index (κ2) is 6.61. The number of pyridine rings is 1. The molecule has 0 radical (unpaired) electrons. The van der Waals surface area contributed by atoms with Crippen molar-refractivity contribution in [3.05, 3.63) is 38.2 Å². The first-order chi connectivity index (χ1) is 12.9. The van der Waals surface area contributed by atoms with Gasteiger partial charge in [-0.1, -0.05) is 0 Å². The van der Waals surface area contributed by atoms with Gasteiger partial charge in [-0.3, -0.25) is 4.79 Å². The van der Waals surface area contributed by atoms with Gasteiger partial charge in [0.2, 0.25) is 0 Å². The summed E-state index contributed by atoms with van der Waals surface area (Å²) >= 11 is 2.72. The summed E-state index contributed by atoms with van der Waals surface area (Å²) in [5, 5.41) is 4.24. The van der Waals surface area contributed by atoms with Crippen LogP contribution in [0.4, 0.5) is 10.7 Å². The highest BCUT2D eigenvalue weighted by atomic mass is 32.1. The summed E-state index contributed by atoms with van der Waals surface area (Å²) in [7, 11) is 1.35. The van der Waals surface area contributed by atoms with Crippen LogP contribution in [0.3, 0.4) is 0 Å². The van der Waals surface area contributed by atoms with E-state index in [0.29, 0.717) is 21.1 Å². The smallest absolute Gasteiger partial charge is 0.341 e. The number of nitrogen functional groups attached to an aromatic ring is 1. The van der Waals surface area contributed by atoms with Crippen LogP contribution in [0, 0.1) is 13.8 Å². The van der Waals surface area contributed by atoms with Gasteiger partial charge in [-0.2, -0.15) is 0 Å². The van der Waals surface area contributed by atoms with Crippen molar-refractivity contribution in [3.63, 3.8) is 0 Å². The number of carbonyl (C=O) groups excluding carboxylic acids is 2. The van der Waals surface area contributed by atoms with Gasteiger partial charge in [0.25, 0.3) is 5.91 Å². The van der Waals surface area contributed by atoms with Crippen molar-refractivity contribution in [3.8, 4) is 0 Å². The van der Waals surface area contributed by atoms with E-state index in [1.165, 1.54) is 29.8 Å². The number of hydrogen-bond donors (Lipinski definition) is 2. The number of ether oxygens (including phenoxy) is 1. The maximum atomic E-state index is 12.9. The molecule has 0 saturated carbocycles. The van der Waals surface area contributed by atoms with Gasteiger partial charge in [-0.15, -0.1) is 22.7 Å². The molecule has 4 rings (SSSR count). The number of nitrogens with zero attached hydrogens (tertiary/aromatic N) is 1. The number of anilines is 2. The summed E-state index contributed by atoms with van der Waals surface area (Å²) in [6.07, 6.45) is 2.78. The molecule has 140 valence electrons. The molecular formula is C19H19N3O3S2. The summed E-state index contributed by atoms with van der Waals surface area (Å²) in [6.45, 7) is 3.87. The van der Waals surface area contributed by atoms with Gasteiger partial charge >= 0.3 is 5.97 Å². The van der Waals surface area contributed by atoms with Crippen molar-refractivity contribution in [2.75, 3.05) is 18.2 Å². The van der Waals surface area contributed by atoms with Crippen molar-refractivity contribution < 1.29 is 14.3 Å². The molecule has 0 bridgehead atoms. The van der Waals surface area contributed by atoms with E-state index in [1.54, 1.807) is 0 Å². The largest absolute Gasteiger partial charge is 0.465 e. The quantitative estimate of drug-likeness (QED) is 0.645. The number of hydrogen-bond acceptors (Lipinski definition) is 7. The lowest BCUT2D eigenvalue weighted by atomic mass is 10.1. The molecule has 0 atom stereocenters. The number of amides is 1. The van der Waals surface area contributed by atoms with E-state index in [4.69, 9.17) is 10.5 Å². The Morgan fingerprint density at radius 2 is 2.04 bits per heavy atom. The SMILES string of the molecule is COC(=O)c1c(NC(=O)c2sc3nc(C)cc(C)c3c2N)sc2c1CCC2. The number of nitrogens with one attached hydrogen (secondary N) is 1. The van der Waals surface area contributed by atoms with Crippen LogP contribution in [-0.4, -0.2) is 24.0 Å². The number of carbonyl (C=O) groups is 2. The van der Waals surface area contributed by atoms with E-state index < -0.39 is 5.97 Å². The Labute approximate surface area is 164 Å². The highest BCUT2D eigenvalue weighted by Gasteiger charge is 2.29. The van der Waals surface area contributed by atoms with Crippen molar-refractivity contribution in [1.29, 1.82) is 0 Å². The Morgan fingerprint density at radius 1 is 1.26 bits per heavy atom. The Balaban J connectivity index is 1.74. The molecule has 1 aliphatic carbocycles. The van der Waals surface area contributed by atoms with E-state index in [1.807, 2.05) is 19.9 Å². The van der Waals surface area contributed by atoms with Gasteiger partial charge in [0.1, 0.15) is 14.7 Å². The van der Waals surface area contributed by atoms with Crippen LogP contribution in [0.1, 0.15) is 48.1 Å². The zero-order valence-corrected chi connectivity index (χ0v) is 16.9. The monoisotopic (exact) mass is 401 g/mol. The summed E-state index contributed by atoms with van der Waals surface area (Å²) in [6, 6.07) is 1.95. The topological polar surface area (TPSA) is 94.3 Å². The first-order valence-corrected chi connectivity index (χ1v) is 10.2. The highest BCUT2D eigenvalue weighted by molar-refractivity contribution is 7.21. The number of esters is 1. The van der Waals surface area contributed by atoms with Crippen molar-refractivity contribution in [2.45, 2.75) is 33.1 Å². The fourth-order valence-electron chi connectivity index (χ4n) is 3.61. The normalized spacial score (nSPS) is 13.0. The molecule has 3 N–H and O–H groups in total. The van der Waals surface area contributed by atoms with Crippen LogP contribution in [0.25, 0.3) is 10.2 Å². The van der Waals surface area contributed by atoms with Crippen molar-refractivity contribution >= 4 is 55.5 Å². The van der Waals surface area contributed by atoms with Gasteiger partial charge in [0.05, 0.1) is 18.4 Å². The van der Waals surface area contributed by atoms with E-state index in [0.717, 1.165) is 51.2 Å². The van der Waals surface area contributed by atoms with Gasteiger partial charge < -0.3 is 15.8 Å². The second-order valence-corrected chi connectivity index (χ2v) is 8.72. The fourth-order valence-corrected chi connectivity index (χ4v) is 5.99. The van der Waals surface area contributed by atoms with Crippen molar-refractivity contribution in [2.24, 2.45) is 0 Å². The lowest BCUT2D eigenvalue weighted by Gasteiger charge is -2.06. The van der Waals surface area contributed by atoms with Crippen LogP contribution in [-0.2, 0) is 17.6 Å². The highest BCUT2D eigenvalue weighted by Crippen LogP contribution is 2.41. The molecule has 3 aromatic rings. The Kier molecular flexibility index (Phi) is 4.39. The van der Waals surface area contributed by atoms with Crippen LogP contribution < -0.4 is 11.1 Å². The molecule has 0 fully saturated rings. The molecule has 27 heavy (non-hydrogen) atoms. The minimum absolute atomic E-state index is 0.322. The summed E-state index contributed by atoms with van der Waals surface area (Å²) in [4.78, 5) is 32.0. The number of aryl methyl sites for hydroxylation is 3. The molecule has 0 saturated heterocycles. The van der Waals surface area contributed by atoms with Gasteiger partial charge in [-0.05, 0) is 50.3 Å². The van der Waals surface area contributed by atoms with Gasteiger partial charge in [0.15, 0.2) is 0 Å². The lowest BCUT2D eigenvalue weighted by Crippen LogP contribution is -2.14. The fraction of sp³-hybridized carbons (Fsp3) is 0.316. The van der Waals surface area contributed by atoms with E-state index >= 15 is 0 Å². The molecule has 8 heteroatoms. The maximum absolute atomic E-state index is 12.9. The zero-order valence-electron chi connectivity index (χ0n) is 15.3. The number of rotatable bonds is 3. The Morgan fingerprint density at radius 3 is 2.78 bits per heavy atom. The third-order valence-corrected chi connectivity index (χ3v) is 7.07. The summed E-state index contributed by atoms with van der Waals surface area (Å²) in [5.41, 5.74) is 10.1. The van der Waals surface area contributed by atoms with Crippen LogP contribution in [0.2, 0.25) is 0 Å². The van der Waals surface area contributed by atoms with Gasteiger partial charge in [0, 0.05) is 16.0 Å². The van der Waals surface area contributed by atoms with Crippen molar-refractivity contribution in [1.82, 2.24) is 4.98 Å². The number of methoxy groups -OCH3 is 1. The van der Waals surface area contributed by atoms with Gasteiger partial charge in [-0.25, -0.2) is 9.78 Å². The maximum Gasteiger partial charge on any atom is 0.341 e. The predicted octanol–water partition coefficient (Wildman–Crippen LogP) is 4.08. The van der Waals surface area contributed by atoms with Crippen LogP contribution in [0.5, 0.6) is 0 Å². The third kappa shape index (κ3) is 2.89. The molecule has 1 amide bonds. The average molecular weight is 402 g/mol. The molecule has 1 aliphatic rings. The molecule has 0 aromatic carbocycles. The Hall–Kier alpha value is -2.45. The molecule has 3 heterocycles. The number of aromatic nitrogens is 1. The lowest BCUT2D eigenvalue weighted by molar-refractivity contribution is 0.0601. The number of nitrogens with two attached hydrogens (primary N) is 1. The standard InChI is InChI=1S/C19H19N3O3S2/c1-8-7-9(2)21-17-12(8)14(20)15(27-17)16(23)22-18-13(19(24)25-3)10-5-4-6-11(10)26-18/h7H,4-6,20H2,1-3H3,(H,22,23). The molecule has 0 unspecified atom stereocenters. The Bertz CT molecular complexity index is 1100. The number of thiophene rings is 2. The van der Waals surface area contributed by atoms with Crippen LogP contribution >= 0.6 is 22.7 Å². The summed E-state index contributed by atoms with van der Waals surface area (Å²) in [5.74, 6) is -0.736. The summed E-state index contributed by atoms with van der Waals surface area (Å²) < 4.78 is 4.93. The second-order valence-electron chi connectivity index (χ2n) is 6.61. The predicted molar refractivity (Wildman–Crippen MR) is 109 cm³/mol.